The minimum absolute atomic E-state index is 0. The number of hydrogen-bond donors (Lipinski definition) is 0. The van der Waals surface area contributed by atoms with E-state index in [0.29, 0.717) is 0 Å². The van der Waals surface area contributed by atoms with Crippen molar-refractivity contribution >= 4 is 0 Å². The van der Waals surface area contributed by atoms with E-state index < -0.39 is 0 Å². The summed E-state index contributed by atoms with van der Waals surface area (Å²) in [6.45, 7) is 4.00. The van der Waals surface area contributed by atoms with Crippen molar-refractivity contribution in [3.63, 3.8) is 0 Å². The Morgan fingerprint density at radius 2 is 0.792 bits per heavy atom. The van der Waals surface area contributed by atoms with Crippen LogP contribution in [0.15, 0.2) is 0 Å². The van der Waals surface area contributed by atoms with Gasteiger partial charge in [-0.05, 0) is 74.0 Å². The van der Waals surface area contributed by atoms with Crippen LogP contribution in [0.1, 0.15) is 84.5 Å². The third kappa shape index (κ3) is 6.20. The SMILES string of the molecule is C1CCC2C(C1)CCC1C3CCCC3CCC21.CC.[CH3-].[CH3-].[Rh].[Rh].[Rh]. The van der Waals surface area contributed by atoms with Crippen molar-refractivity contribution in [1.82, 2.24) is 0 Å². The third-order valence-electron chi connectivity index (χ3n) is 7.08. The van der Waals surface area contributed by atoms with Gasteiger partial charge in [-0.3, -0.25) is 0 Å². The summed E-state index contributed by atoms with van der Waals surface area (Å²) in [7, 11) is 0. The minimum atomic E-state index is 0. The third-order valence-corrected chi connectivity index (χ3v) is 7.08. The van der Waals surface area contributed by atoms with Crippen molar-refractivity contribution in [2.45, 2.75) is 84.5 Å². The Balaban J connectivity index is -0.000000610. The molecule has 0 aromatic heterocycles. The molecule has 4 rings (SSSR count). The van der Waals surface area contributed by atoms with Crippen molar-refractivity contribution in [3.05, 3.63) is 14.9 Å². The van der Waals surface area contributed by atoms with Crippen molar-refractivity contribution in [3.8, 4) is 0 Å². The Morgan fingerprint density at radius 1 is 0.417 bits per heavy atom. The van der Waals surface area contributed by atoms with Gasteiger partial charge in [0.1, 0.15) is 0 Å². The van der Waals surface area contributed by atoms with Crippen molar-refractivity contribution in [2.24, 2.45) is 35.5 Å². The van der Waals surface area contributed by atoms with Gasteiger partial charge < -0.3 is 14.9 Å². The van der Waals surface area contributed by atoms with Crippen LogP contribution >= 0.6 is 0 Å². The van der Waals surface area contributed by atoms with E-state index in [-0.39, 0.29) is 73.3 Å². The van der Waals surface area contributed by atoms with Gasteiger partial charge in [-0.1, -0.05) is 46.0 Å². The van der Waals surface area contributed by atoms with Crippen LogP contribution in [0, 0.1) is 50.4 Å². The molecule has 0 spiro atoms. The molecule has 4 saturated carbocycles. The maximum Gasteiger partial charge on any atom is 0 e. The summed E-state index contributed by atoms with van der Waals surface area (Å²) in [6, 6.07) is 0. The van der Waals surface area contributed by atoms with E-state index in [0.717, 1.165) is 11.8 Å². The second-order valence-corrected chi connectivity index (χ2v) is 7.55. The van der Waals surface area contributed by atoms with Gasteiger partial charge >= 0.3 is 0 Å². The Hall–Kier alpha value is 1.87. The molecule has 0 N–H and O–H groups in total. The molecule has 0 aromatic carbocycles. The summed E-state index contributed by atoms with van der Waals surface area (Å²) < 4.78 is 0. The first kappa shape index (κ1) is 30.6. The molecule has 0 bridgehead atoms. The number of hydrogen-bond acceptors (Lipinski definition) is 0. The molecule has 24 heavy (non-hydrogen) atoms. The van der Waals surface area contributed by atoms with Gasteiger partial charge in [-0.25, -0.2) is 0 Å². The zero-order chi connectivity index (χ0) is 13.2. The smallest absolute Gasteiger partial charge is 0 e. The van der Waals surface area contributed by atoms with Crippen molar-refractivity contribution in [2.75, 3.05) is 0 Å². The molecule has 0 aliphatic heterocycles. The molecule has 3 heteroatoms. The zero-order valence-corrected chi connectivity index (χ0v) is 21.2. The molecule has 4 fully saturated rings. The fourth-order valence-corrected chi connectivity index (χ4v) is 6.45. The van der Waals surface area contributed by atoms with E-state index in [9.17, 15) is 0 Å². The van der Waals surface area contributed by atoms with Crippen LogP contribution in [-0.4, -0.2) is 0 Å². The van der Waals surface area contributed by atoms with Crippen LogP contribution in [0.25, 0.3) is 0 Å². The molecule has 4 aliphatic rings. The predicted octanol–water partition coefficient (Wildman–Crippen LogP) is 6.95. The Bertz CT molecular complexity index is 295. The first-order chi connectivity index (χ1) is 9.43. The zero-order valence-electron chi connectivity index (χ0n) is 16.2. The molecular formula is C21H40Rh3-2. The van der Waals surface area contributed by atoms with Gasteiger partial charge in [0.2, 0.25) is 0 Å². The molecule has 153 valence electrons. The molecule has 0 heterocycles. The Labute approximate surface area is 192 Å². The normalized spacial score (nSPS) is 38.2. The molecule has 0 aromatic rings. The van der Waals surface area contributed by atoms with Crippen LogP contribution in [0.2, 0.25) is 0 Å². The summed E-state index contributed by atoms with van der Waals surface area (Å²) in [5.74, 6) is 7.02. The summed E-state index contributed by atoms with van der Waals surface area (Å²) >= 11 is 0. The van der Waals surface area contributed by atoms with Crippen LogP contribution in [-0.2, 0) is 58.4 Å². The van der Waals surface area contributed by atoms with Gasteiger partial charge in [0.15, 0.2) is 0 Å². The van der Waals surface area contributed by atoms with Gasteiger partial charge in [0.05, 0.1) is 0 Å². The topological polar surface area (TPSA) is 0 Å². The summed E-state index contributed by atoms with van der Waals surface area (Å²) in [4.78, 5) is 0. The van der Waals surface area contributed by atoms with Gasteiger partial charge in [0.25, 0.3) is 0 Å². The first-order valence-electron chi connectivity index (χ1n) is 9.43. The van der Waals surface area contributed by atoms with Gasteiger partial charge in [-0.2, -0.15) is 0 Å². The molecule has 3 radical (unpaired) electrons. The van der Waals surface area contributed by atoms with Crippen molar-refractivity contribution in [1.29, 1.82) is 0 Å². The standard InChI is InChI=1S/C17H28.C2H6.2CH3.3Rh/c1-2-6-14-12(4-1)8-10-17-15-7-3-5-13(15)9-11-16(14)17;1-2;;;;;/h12-17H,1-11H2;1-2H3;2*1H3;;;/q;;2*-1;;;. The molecular weight excluding hydrogens is 561 g/mol. The fourth-order valence-electron chi connectivity index (χ4n) is 6.45. The molecule has 6 atom stereocenters. The van der Waals surface area contributed by atoms with E-state index in [1.165, 1.54) is 23.7 Å². The van der Waals surface area contributed by atoms with Crippen LogP contribution < -0.4 is 0 Å². The van der Waals surface area contributed by atoms with Crippen LogP contribution in [0.3, 0.4) is 0 Å². The van der Waals surface area contributed by atoms with Gasteiger partial charge in [-0.15, -0.1) is 0 Å². The molecule has 6 unspecified atom stereocenters. The largest absolute Gasteiger partial charge is 0.358 e. The molecule has 0 nitrogen and oxygen atoms in total. The van der Waals surface area contributed by atoms with E-state index in [4.69, 9.17) is 0 Å². The quantitative estimate of drug-likeness (QED) is 0.209. The van der Waals surface area contributed by atoms with E-state index in [1.54, 1.807) is 70.6 Å². The van der Waals surface area contributed by atoms with E-state index in [2.05, 4.69) is 0 Å². The second-order valence-electron chi connectivity index (χ2n) is 7.55. The molecule has 0 amide bonds. The maximum atomic E-state index is 2.00. The molecule has 4 aliphatic carbocycles. The fraction of sp³-hybridized carbons (Fsp3) is 0.905. The van der Waals surface area contributed by atoms with Gasteiger partial charge in [0, 0.05) is 58.4 Å². The van der Waals surface area contributed by atoms with E-state index in [1.807, 2.05) is 13.8 Å². The summed E-state index contributed by atoms with van der Waals surface area (Å²) in [6.07, 6.45) is 17.5. The Kier molecular flexibility index (Phi) is 19.0. The Morgan fingerprint density at radius 3 is 1.29 bits per heavy atom. The first-order valence-corrected chi connectivity index (χ1v) is 9.43. The van der Waals surface area contributed by atoms with E-state index >= 15 is 0 Å². The monoisotopic (exact) mass is 601 g/mol. The number of rotatable bonds is 0. The summed E-state index contributed by atoms with van der Waals surface area (Å²) in [5.41, 5.74) is 0. The van der Waals surface area contributed by atoms with Crippen LogP contribution in [0.4, 0.5) is 0 Å². The van der Waals surface area contributed by atoms with Crippen molar-refractivity contribution < 1.29 is 58.4 Å². The number of fused-ring (bicyclic) bond motifs is 5. The second kappa shape index (κ2) is 14.9. The van der Waals surface area contributed by atoms with Crippen LogP contribution in [0.5, 0.6) is 0 Å². The molecule has 0 saturated heterocycles. The predicted molar refractivity (Wildman–Crippen MR) is 95.9 cm³/mol. The maximum absolute atomic E-state index is 2.00. The average molecular weight is 601 g/mol. The average Bonchev–Trinajstić information content (AvgIpc) is 2.97. The minimum Gasteiger partial charge on any atom is -0.358 e. The summed E-state index contributed by atoms with van der Waals surface area (Å²) in [5, 5.41) is 0.